The van der Waals surface area contributed by atoms with Gasteiger partial charge in [-0.25, -0.2) is 4.98 Å². The molecule has 0 aromatic carbocycles. The number of nitrogens with zero attached hydrogens (tertiary/aromatic N) is 2. The zero-order valence-electron chi connectivity index (χ0n) is 13.5. The Kier molecular flexibility index (Phi) is 4.42. The average Bonchev–Trinajstić information content (AvgIpc) is 2.72. The SMILES string of the molecule is CNCc1sc(N2CCOC(C)(C)C2)nc1C(C)(C)C. The van der Waals surface area contributed by atoms with Crippen molar-refractivity contribution in [3.8, 4) is 0 Å². The summed E-state index contributed by atoms with van der Waals surface area (Å²) in [5, 5.41) is 4.39. The summed E-state index contributed by atoms with van der Waals surface area (Å²) in [6.45, 7) is 14.5. The normalized spacial score (nSPS) is 19.4. The highest BCUT2D eigenvalue weighted by Gasteiger charge is 2.31. The molecule has 5 heteroatoms. The molecule has 1 fully saturated rings. The molecule has 0 unspecified atom stereocenters. The fourth-order valence-corrected chi connectivity index (χ4v) is 3.83. The Hall–Kier alpha value is -0.650. The lowest BCUT2D eigenvalue weighted by molar-refractivity contribution is -0.0277. The number of anilines is 1. The van der Waals surface area contributed by atoms with Gasteiger partial charge in [0.15, 0.2) is 5.13 Å². The van der Waals surface area contributed by atoms with Crippen molar-refractivity contribution in [3.05, 3.63) is 10.6 Å². The molecule has 0 bridgehead atoms. The van der Waals surface area contributed by atoms with Gasteiger partial charge in [0.2, 0.25) is 0 Å². The van der Waals surface area contributed by atoms with Gasteiger partial charge in [0.1, 0.15) is 0 Å². The topological polar surface area (TPSA) is 37.4 Å². The van der Waals surface area contributed by atoms with Crippen LogP contribution < -0.4 is 10.2 Å². The Bertz CT molecular complexity index is 462. The van der Waals surface area contributed by atoms with Gasteiger partial charge in [-0.1, -0.05) is 20.8 Å². The van der Waals surface area contributed by atoms with Crippen LogP contribution in [0.4, 0.5) is 5.13 Å². The van der Waals surface area contributed by atoms with Crippen LogP contribution in [-0.2, 0) is 16.7 Å². The Morgan fingerprint density at radius 1 is 1.40 bits per heavy atom. The van der Waals surface area contributed by atoms with Gasteiger partial charge in [0.05, 0.1) is 17.9 Å². The minimum absolute atomic E-state index is 0.0860. The minimum atomic E-state index is -0.0883. The third kappa shape index (κ3) is 3.51. The predicted molar refractivity (Wildman–Crippen MR) is 85.8 cm³/mol. The van der Waals surface area contributed by atoms with Crippen LogP contribution in [0.1, 0.15) is 45.2 Å². The van der Waals surface area contributed by atoms with Crippen LogP contribution >= 0.6 is 11.3 Å². The Morgan fingerprint density at radius 3 is 2.65 bits per heavy atom. The number of ether oxygens (including phenoxy) is 1. The molecule has 1 saturated heterocycles. The smallest absolute Gasteiger partial charge is 0.186 e. The van der Waals surface area contributed by atoms with E-state index in [1.165, 1.54) is 10.6 Å². The van der Waals surface area contributed by atoms with Crippen LogP contribution in [0.15, 0.2) is 0 Å². The van der Waals surface area contributed by atoms with Crippen molar-refractivity contribution in [2.75, 3.05) is 31.6 Å². The Labute approximate surface area is 126 Å². The molecule has 1 aromatic heterocycles. The van der Waals surface area contributed by atoms with E-state index in [0.717, 1.165) is 31.4 Å². The third-order valence-corrected chi connectivity index (χ3v) is 4.55. The van der Waals surface area contributed by atoms with Crippen LogP contribution in [0.3, 0.4) is 0 Å². The molecule has 2 heterocycles. The predicted octanol–water partition coefficient (Wildman–Crippen LogP) is 2.78. The Morgan fingerprint density at radius 2 is 2.10 bits per heavy atom. The first-order valence-corrected chi connectivity index (χ1v) is 8.08. The van der Waals surface area contributed by atoms with Gasteiger partial charge in [-0.15, -0.1) is 11.3 Å². The standard InChI is InChI=1S/C15H27N3OS/c1-14(2,3)12-11(9-16-6)20-13(17-12)18-7-8-19-15(4,5)10-18/h16H,7-10H2,1-6H3. The largest absolute Gasteiger partial charge is 0.372 e. The van der Waals surface area contributed by atoms with Crippen molar-refractivity contribution in [3.63, 3.8) is 0 Å². The number of rotatable bonds is 3. The summed E-state index contributed by atoms with van der Waals surface area (Å²) in [6, 6.07) is 0. The highest BCUT2D eigenvalue weighted by atomic mass is 32.1. The van der Waals surface area contributed by atoms with Crippen molar-refractivity contribution in [1.29, 1.82) is 0 Å². The number of hydrogen-bond acceptors (Lipinski definition) is 5. The molecule has 0 aliphatic carbocycles. The summed E-state index contributed by atoms with van der Waals surface area (Å²) >= 11 is 1.81. The van der Waals surface area contributed by atoms with E-state index in [1.54, 1.807) is 0 Å². The summed E-state index contributed by atoms with van der Waals surface area (Å²) in [4.78, 5) is 8.65. The molecule has 1 aliphatic heterocycles. The molecule has 0 atom stereocenters. The van der Waals surface area contributed by atoms with E-state index in [9.17, 15) is 0 Å². The van der Waals surface area contributed by atoms with Gasteiger partial charge >= 0.3 is 0 Å². The summed E-state index contributed by atoms with van der Waals surface area (Å²) in [7, 11) is 1.99. The molecule has 1 aromatic rings. The molecule has 0 radical (unpaired) electrons. The third-order valence-electron chi connectivity index (χ3n) is 3.43. The van der Waals surface area contributed by atoms with E-state index in [4.69, 9.17) is 9.72 Å². The monoisotopic (exact) mass is 297 g/mol. The fraction of sp³-hybridized carbons (Fsp3) is 0.800. The number of morpholine rings is 1. The van der Waals surface area contributed by atoms with E-state index >= 15 is 0 Å². The Balaban J connectivity index is 2.28. The van der Waals surface area contributed by atoms with E-state index in [2.05, 4.69) is 44.8 Å². The average molecular weight is 297 g/mol. The van der Waals surface area contributed by atoms with Crippen molar-refractivity contribution >= 4 is 16.5 Å². The van der Waals surface area contributed by atoms with Crippen molar-refractivity contribution < 1.29 is 4.74 Å². The lowest BCUT2D eigenvalue weighted by atomic mass is 9.91. The lowest BCUT2D eigenvalue weighted by Gasteiger charge is -2.38. The summed E-state index contributed by atoms with van der Waals surface area (Å²) < 4.78 is 5.79. The summed E-state index contributed by atoms with van der Waals surface area (Å²) in [5.74, 6) is 0. The maximum absolute atomic E-state index is 5.79. The van der Waals surface area contributed by atoms with E-state index < -0.39 is 0 Å². The molecule has 0 saturated carbocycles. The molecule has 2 rings (SSSR count). The number of aromatic nitrogens is 1. The van der Waals surface area contributed by atoms with Crippen LogP contribution in [0.2, 0.25) is 0 Å². The minimum Gasteiger partial charge on any atom is -0.372 e. The number of thiazole rings is 1. The van der Waals surface area contributed by atoms with Gasteiger partial charge < -0.3 is 15.0 Å². The number of hydrogen-bond donors (Lipinski definition) is 1. The van der Waals surface area contributed by atoms with Crippen molar-refractivity contribution in [2.24, 2.45) is 0 Å². The molecule has 4 nitrogen and oxygen atoms in total. The molecule has 0 spiro atoms. The first kappa shape index (κ1) is 15.7. The molecule has 20 heavy (non-hydrogen) atoms. The molecule has 0 amide bonds. The second kappa shape index (κ2) is 5.62. The summed E-state index contributed by atoms with van der Waals surface area (Å²) in [6.07, 6.45) is 0. The van der Waals surface area contributed by atoms with Crippen molar-refractivity contribution in [2.45, 2.75) is 52.2 Å². The molecular weight excluding hydrogens is 270 g/mol. The zero-order valence-corrected chi connectivity index (χ0v) is 14.4. The first-order chi connectivity index (χ1) is 9.23. The lowest BCUT2D eigenvalue weighted by Crippen LogP contribution is -2.48. The van der Waals surface area contributed by atoms with E-state index in [-0.39, 0.29) is 11.0 Å². The molecule has 1 aliphatic rings. The maximum atomic E-state index is 5.79. The molecule has 114 valence electrons. The maximum Gasteiger partial charge on any atom is 0.186 e. The summed E-state index contributed by atoms with van der Waals surface area (Å²) in [5.41, 5.74) is 1.22. The van der Waals surface area contributed by atoms with Gasteiger partial charge in [-0.2, -0.15) is 0 Å². The van der Waals surface area contributed by atoms with Crippen molar-refractivity contribution in [1.82, 2.24) is 10.3 Å². The quantitative estimate of drug-likeness (QED) is 0.931. The second-order valence-corrected chi connectivity index (χ2v) is 8.14. The van der Waals surface area contributed by atoms with Crippen LogP contribution in [-0.4, -0.2) is 37.3 Å². The van der Waals surface area contributed by atoms with E-state index in [1.807, 2.05) is 18.4 Å². The van der Waals surface area contributed by atoms with Gasteiger partial charge in [-0.3, -0.25) is 0 Å². The van der Waals surface area contributed by atoms with Gasteiger partial charge in [-0.05, 0) is 20.9 Å². The highest BCUT2D eigenvalue weighted by Crippen LogP contribution is 2.35. The molecule has 1 N–H and O–H groups in total. The van der Waals surface area contributed by atoms with Crippen LogP contribution in [0, 0.1) is 0 Å². The fourth-order valence-electron chi connectivity index (χ4n) is 2.52. The first-order valence-electron chi connectivity index (χ1n) is 7.26. The van der Waals surface area contributed by atoms with Crippen LogP contribution in [0.25, 0.3) is 0 Å². The van der Waals surface area contributed by atoms with E-state index in [0.29, 0.717) is 0 Å². The van der Waals surface area contributed by atoms with Gasteiger partial charge in [0.25, 0.3) is 0 Å². The number of nitrogens with one attached hydrogen (secondary N) is 1. The van der Waals surface area contributed by atoms with Crippen LogP contribution in [0.5, 0.6) is 0 Å². The zero-order chi connectivity index (χ0) is 15.0. The van der Waals surface area contributed by atoms with Gasteiger partial charge in [0, 0.05) is 29.9 Å². The molecular formula is C15H27N3OS. The highest BCUT2D eigenvalue weighted by molar-refractivity contribution is 7.15. The second-order valence-electron chi connectivity index (χ2n) is 7.08.